The van der Waals surface area contributed by atoms with Crippen LogP contribution in [-0.2, 0) is 5.41 Å². The summed E-state index contributed by atoms with van der Waals surface area (Å²) in [7, 11) is 0. The fourth-order valence-electron chi connectivity index (χ4n) is 2.01. The molecule has 0 radical (unpaired) electrons. The van der Waals surface area contributed by atoms with Gasteiger partial charge < -0.3 is 10.8 Å². The van der Waals surface area contributed by atoms with Crippen LogP contribution in [0.4, 0.5) is 0 Å². The van der Waals surface area contributed by atoms with E-state index in [9.17, 15) is 5.11 Å². The molecule has 0 aliphatic heterocycles. The number of hydrogen-bond acceptors (Lipinski definition) is 2. The van der Waals surface area contributed by atoms with E-state index in [1.54, 1.807) is 0 Å². The third kappa shape index (κ3) is 1.70. The largest absolute Gasteiger partial charge is 0.395 e. The first kappa shape index (κ1) is 11.1. The smallest absolute Gasteiger partial charge is 0.0537 e. The summed E-state index contributed by atoms with van der Waals surface area (Å²) in [5.41, 5.74) is 6.54. The third-order valence-electron chi connectivity index (χ3n) is 3.24. The molecule has 0 heterocycles. The molecular formula is C14H17NO. The van der Waals surface area contributed by atoms with Crippen molar-refractivity contribution in [3.05, 3.63) is 48.0 Å². The minimum atomic E-state index is -0.360. The monoisotopic (exact) mass is 215 g/mol. The molecule has 2 nitrogen and oxygen atoms in total. The number of nitrogens with two attached hydrogens (primary N) is 1. The molecule has 3 N–H and O–H groups in total. The Hall–Kier alpha value is -1.38. The second-order valence-electron chi connectivity index (χ2n) is 4.45. The quantitative estimate of drug-likeness (QED) is 0.823. The second-order valence-corrected chi connectivity index (χ2v) is 4.45. The minimum Gasteiger partial charge on any atom is -0.395 e. The van der Waals surface area contributed by atoms with Crippen LogP contribution in [0.5, 0.6) is 0 Å². The molecule has 0 aromatic heterocycles. The van der Waals surface area contributed by atoms with E-state index in [0.717, 1.165) is 5.56 Å². The van der Waals surface area contributed by atoms with Gasteiger partial charge in [0.25, 0.3) is 0 Å². The Bertz CT molecular complexity index is 484. The molecule has 84 valence electrons. The van der Waals surface area contributed by atoms with Crippen molar-refractivity contribution >= 4 is 10.8 Å². The normalized spacial score (nSPS) is 14.9. The molecule has 2 aromatic carbocycles. The maximum Gasteiger partial charge on any atom is 0.0537 e. The summed E-state index contributed by atoms with van der Waals surface area (Å²) in [5, 5.41) is 11.9. The predicted molar refractivity (Wildman–Crippen MR) is 67.4 cm³/mol. The zero-order valence-electron chi connectivity index (χ0n) is 9.48. The highest BCUT2D eigenvalue weighted by atomic mass is 16.3. The Morgan fingerprint density at radius 3 is 2.50 bits per heavy atom. The summed E-state index contributed by atoms with van der Waals surface area (Å²) in [6, 6.07) is 14.3. The van der Waals surface area contributed by atoms with Crippen LogP contribution in [0.1, 0.15) is 12.5 Å². The van der Waals surface area contributed by atoms with Crippen molar-refractivity contribution < 1.29 is 5.11 Å². The number of rotatable bonds is 3. The van der Waals surface area contributed by atoms with Crippen LogP contribution in [0.2, 0.25) is 0 Å². The maximum absolute atomic E-state index is 9.52. The van der Waals surface area contributed by atoms with Gasteiger partial charge in [-0.15, -0.1) is 0 Å². The molecule has 0 aliphatic carbocycles. The van der Waals surface area contributed by atoms with Gasteiger partial charge in [-0.05, 0) is 16.3 Å². The second kappa shape index (κ2) is 4.24. The van der Waals surface area contributed by atoms with Gasteiger partial charge in [0.15, 0.2) is 0 Å². The standard InChI is InChI=1S/C14H17NO/c1-14(9-15,10-16)13-8-4-6-11-5-2-3-7-12(11)13/h2-8,16H,9-10,15H2,1H3. The molecular weight excluding hydrogens is 198 g/mol. The van der Waals surface area contributed by atoms with Gasteiger partial charge in [0.1, 0.15) is 0 Å². The van der Waals surface area contributed by atoms with Gasteiger partial charge in [-0.3, -0.25) is 0 Å². The van der Waals surface area contributed by atoms with Gasteiger partial charge in [0, 0.05) is 12.0 Å². The number of aliphatic hydroxyl groups excluding tert-OH is 1. The van der Waals surface area contributed by atoms with Gasteiger partial charge in [-0.25, -0.2) is 0 Å². The molecule has 2 aromatic rings. The molecule has 2 heteroatoms. The van der Waals surface area contributed by atoms with Crippen LogP contribution >= 0.6 is 0 Å². The van der Waals surface area contributed by atoms with Crippen LogP contribution in [-0.4, -0.2) is 18.3 Å². The molecule has 0 saturated carbocycles. The molecule has 2 rings (SSSR count). The molecule has 0 amide bonds. The molecule has 0 bridgehead atoms. The third-order valence-corrected chi connectivity index (χ3v) is 3.24. The SMILES string of the molecule is CC(CN)(CO)c1cccc2ccccc12. The highest BCUT2D eigenvalue weighted by Gasteiger charge is 2.25. The van der Waals surface area contributed by atoms with Gasteiger partial charge in [0.05, 0.1) is 6.61 Å². The average Bonchev–Trinajstić information content (AvgIpc) is 2.37. The summed E-state index contributed by atoms with van der Waals surface area (Å²) in [5.74, 6) is 0. The molecule has 16 heavy (non-hydrogen) atoms. The Morgan fingerprint density at radius 1 is 1.12 bits per heavy atom. The fraction of sp³-hybridized carbons (Fsp3) is 0.286. The Morgan fingerprint density at radius 2 is 1.81 bits per heavy atom. The summed E-state index contributed by atoms with van der Waals surface area (Å²) in [6.45, 7) is 2.50. The van der Waals surface area contributed by atoms with E-state index in [-0.39, 0.29) is 12.0 Å². The number of hydrogen-bond donors (Lipinski definition) is 2. The van der Waals surface area contributed by atoms with Crippen molar-refractivity contribution in [2.75, 3.05) is 13.2 Å². The van der Waals surface area contributed by atoms with Crippen molar-refractivity contribution in [2.45, 2.75) is 12.3 Å². The van der Waals surface area contributed by atoms with E-state index >= 15 is 0 Å². The summed E-state index contributed by atoms with van der Waals surface area (Å²) >= 11 is 0. The average molecular weight is 215 g/mol. The first-order valence-electron chi connectivity index (χ1n) is 5.50. The van der Waals surface area contributed by atoms with Gasteiger partial charge in [0.2, 0.25) is 0 Å². The zero-order valence-corrected chi connectivity index (χ0v) is 9.48. The lowest BCUT2D eigenvalue weighted by molar-refractivity contribution is 0.211. The summed E-state index contributed by atoms with van der Waals surface area (Å²) in [4.78, 5) is 0. The first-order chi connectivity index (χ1) is 7.71. The molecule has 0 spiro atoms. The molecule has 0 fully saturated rings. The highest BCUT2D eigenvalue weighted by molar-refractivity contribution is 5.86. The highest BCUT2D eigenvalue weighted by Crippen LogP contribution is 2.29. The van der Waals surface area contributed by atoms with Crippen molar-refractivity contribution in [1.29, 1.82) is 0 Å². The minimum absolute atomic E-state index is 0.0670. The van der Waals surface area contributed by atoms with E-state index in [0.29, 0.717) is 6.54 Å². The first-order valence-corrected chi connectivity index (χ1v) is 5.50. The van der Waals surface area contributed by atoms with Crippen molar-refractivity contribution in [2.24, 2.45) is 5.73 Å². The molecule has 0 aliphatic rings. The predicted octanol–water partition coefficient (Wildman–Crippen LogP) is 2.05. The van der Waals surface area contributed by atoms with Crippen LogP contribution in [0.15, 0.2) is 42.5 Å². The maximum atomic E-state index is 9.52. The number of aliphatic hydroxyl groups is 1. The lowest BCUT2D eigenvalue weighted by Gasteiger charge is -2.27. The Kier molecular flexibility index (Phi) is 2.95. The van der Waals surface area contributed by atoms with E-state index in [1.165, 1.54) is 10.8 Å². The molecule has 1 unspecified atom stereocenters. The van der Waals surface area contributed by atoms with Gasteiger partial charge >= 0.3 is 0 Å². The zero-order chi connectivity index (χ0) is 11.6. The van der Waals surface area contributed by atoms with E-state index in [1.807, 2.05) is 31.2 Å². The van der Waals surface area contributed by atoms with Crippen LogP contribution in [0, 0.1) is 0 Å². The summed E-state index contributed by atoms with van der Waals surface area (Å²) < 4.78 is 0. The number of benzene rings is 2. The van der Waals surface area contributed by atoms with Crippen molar-refractivity contribution in [3.63, 3.8) is 0 Å². The Labute approximate surface area is 95.7 Å². The summed E-state index contributed by atoms with van der Waals surface area (Å²) in [6.07, 6.45) is 0. The van der Waals surface area contributed by atoms with Crippen LogP contribution in [0.3, 0.4) is 0 Å². The molecule has 1 atom stereocenters. The lowest BCUT2D eigenvalue weighted by atomic mass is 9.81. The van der Waals surface area contributed by atoms with E-state index in [4.69, 9.17) is 5.73 Å². The van der Waals surface area contributed by atoms with Gasteiger partial charge in [-0.1, -0.05) is 49.4 Å². The Balaban J connectivity index is 2.69. The van der Waals surface area contributed by atoms with Crippen molar-refractivity contribution in [1.82, 2.24) is 0 Å². The lowest BCUT2D eigenvalue weighted by Crippen LogP contribution is -2.35. The molecule has 0 saturated heterocycles. The van der Waals surface area contributed by atoms with Crippen molar-refractivity contribution in [3.8, 4) is 0 Å². The van der Waals surface area contributed by atoms with Gasteiger partial charge in [-0.2, -0.15) is 0 Å². The van der Waals surface area contributed by atoms with Crippen LogP contribution < -0.4 is 5.73 Å². The number of fused-ring (bicyclic) bond motifs is 1. The topological polar surface area (TPSA) is 46.2 Å². The fourth-order valence-corrected chi connectivity index (χ4v) is 2.01. The van der Waals surface area contributed by atoms with E-state index < -0.39 is 0 Å². The van der Waals surface area contributed by atoms with E-state index in [2.05, 4.69) is 18.2 Å². The van der Waals surface area contributed by atoms with Crippen LogP contribution in [0.25, 0.3) is 10.8 Å².